The lowest BCUT2D eigenvalue weighted by molar-refractivity contribution is 0.607. The van der Waals surface area contributed by atoms with Crippen LogP contribution in [0.4, 0.5) is 5.69 Å². The fourth-order valence-corrected chi connectivity index (χ4v) is 2.90. The van der Waals surface area contributed by atoms with E-state index in [2.05, 4.69) is 85.9 Å². The van der Waals surface area contributed by atoms with Gasteiger partial charge in [0.15, 0.2) is 0 Å². The molecule has 2 aromatic carbocycles. The summed E-state index contributed by atoms with van der Waals surface area (Å²) in [6, 6.07) is 19.1. The minimum atomic E-state index is -0.124. The second kappa shape index (κ2) is 5.61. The highest BCUT2D eigenvalue weighted by atomic mass is 15.0. The van der Waals surface area contributed by atoms with Crippen LogP contribution >= 0.6 is 0 Å². The number of hydrogen-bond donors (Lipinski definition) is 1. The molecule has 0 bridgehead atoms. The normalized spacial score (nSPS) is 14.1. The summed E-state index contributed by atoms with van der Waals surface area (Å²) in [4.78, 5) is 0. The van der Waals surface area contributed by atoms with E-state index >= 15 is 0 Å². The van der Waals surface area contributed by atoms with Gasteiger partial charge in [0.25, 0.3) is 0 Å². The van der Waals surface area contributed by atoms with Gasteiger partial charge in [-0.2, -0.15) is 0 Å². The fraction of sp³-hybridized carbons (Fsp3) is 0.200. The molecule has 1 aliphatic carbocycles. The van der Waals surface area contributed by atoms with Crippen LogP contribution in [-0.4, -0.2) is 0 Å². The first-order valence-corrected chi connectivity index (χ1v) is 7.46. The molecular formula is C20H21N. The van der Waals surface area contributed by atoms with Gasteiger partial charge < -0.3 is 5.32 Å². The highest BCUT2D eigenvalue weighted by molar-refractivity contribution is 5.74. The predicted molar refractivity (Wildman–Crippen MR) is 91.3 cm³/mol. The summed E-state index contributed by atoms with van der Waals surface area (Å²) in [6.45, 7) is 4.48. The molecule has 0 fully saturated rings. The van der Waals surface area contributed by atoms with Gasteiger partial charge in [-0.05, 0) is 49.1 Å². The van der Waals surface area contributed by atoms with Crippen molar-refractivity contribution in [1.82, 2.24) is 0 Å². The first-order chi connectivity index (χ1) is 10.2. The van der Waals surface area contributed by atoms with Crippen LogP contribution in [0.2, 0.25) is 0 Å². The van der Waals surface area contributed by atoms with E-state index in [1.54, 1.807) is 0 Å². The summed E-state index contributed by atoms with van der Waals surface area (Å²) in [5.41, 5.74) is 5.10. The van der Waals surface area contributed by atoms with Gasteiger partial charge in [0.1, 0.15) is 0 Å². The molecule has 0 atom stereocenters. The molecule has 0 heterocycles. The Bertz CT molecular complexity index is 678. The number of benzene rings is 2. The predicted octanol–water partition coefficient (Wildman–Crippen LogP) is 5.38. The average molecular weight is 275 g/mol. The molecular weight excluding hydrogens is 254 g/mol. The molecule has 2 aromatic rings. The Morgan fingerprint density at radius 1 is 0.905 bits per heavy atom. The summed E-state index contributed by atoms with van der Waals surface area (Å²) in [5, 5.41) is 3.65. The quantitative estimate of drug-likeness (QED) is 0.790. The molecule has 0 aromatic heterocycles. The maximum Gasteiger partial charge on any atom is 0.0575 e. The van der Waals surface area contributed by atoms with E-state index in [0.29, 0.717) is 0 Å². The number of allylic oxidation sites excluding steroid dienone is 4. The van der Waals surface area contributed by atoms with Crippen molar-refractivity contribution < 1.29 is 0 Å². The largest absolute Gasteiger partial charge is 0.376 e. The highest BCUT2D eigenvalue weighted by Crippen LogP contribution is 2.34. The number of nitrogens with one attached hydrogen (secondary N) is 1. The molecule has 1 heteroatoms. The zero-order valence-electron chi connectivity index (χ0n) is 12.6. The van der Waals surface area contributed by atoms with Crippen molar-refractivity contribution in [2.45, 2.75) is 25.8 Å². The standard InChI is InChI=1S/C20H21N/c1-20(2,21-17-12-4-3-5-13-17)19-15-9-8-14-18(19)16-10-6-7-11-16/h3-10,12-15,21H,11H2,1-2H3. The molecule has 0 saturated heterocycles. The SMILES string of the molecule is CC(C)(Nc1ccccc1)c1ccccc1C1=CC=CC1. The molecule has 0 aliphatic heterocycles. The Morgan fingerprint density at radius 2 is 1.62 bits per heavy atom. The lowest BCUT2D eigenvalue weighted by Crippen LogP contribution is -2.29. The van der Waals surface area contributed by atoms with E-state index in [9.17, 15) is 0 Å². The van der Waals surface area contributed by atoms with Crippen LogP contribution in [-0.2, 0) is 5.54 Å². The molecule has 21 heavy (non-hydrogen) atoms. The molecule has 1 aliphatic rings. The van der Waals surface area contributed by atoms with Crippen LogP contribution in [0.15, 0.2) is 72.8 Å². The van der Waals surface area contributed by atoms with E-state index < -0.39 is 0 Å². The van der Waals surface area contributed by atoms with Crippen molar-refractivity contribution >= 4 is 11.3 Å². The van der Waals surface area contributed by atoms with Gasteiger partial charge in [0.2, 0.25) is 0 Å². The molecule has 1 nitrogen and oxygen atoms in total. The monoisotopic (exact) mass is 275 g/mol. The molecule has 3 rings (SSSR count). The van der Waals surface area contributed by atoms with Crippen LogP contribution in [0.5, 0.6) is 0 Å². The summed E-state index contributed by atoms with van der Waals surface area (Å²) in [6.07, 6.45) is 7.60. The van der Waals surface area contributed by atoms with Gasteiger partial charge in [-0.25, -0.2) is 0 Å². The van der Waals surface area contributed by atoms with Crippen LogP contribution < -0.4 is 5.32 Å². The van der Waals surface area contributed by atoms with Crippen molar-refractivity contribution in [1.29, 1.82) is 0 Å². The van der Waals surface area contributed by atoms with Crippen molar-refractivity contribution in [2.75, 3.05) is 5.32 Å². The van der Waals surface area contributed by atoms with Gasteiger partial charge in [0, 0.05) is 5.69 Å². The Morgan fingerprint density at radius 3 is 2.33 bits per heavy atom. The van der Waals surface area contributed by atoms with Crippen LogP contribution in [0.25, 0.3) is 5.57 Å². The first-order valence-electron chi connectivity index (χ1n) is 7.46. The lowest BCUT2D eigenvalue weighted by Gasteiger charge is -2.30. The Kier molecular flexibility index (Phi) is 3.66. The summed E-state index contributed by atoms with van der Waals surface area (Å²) < 4.78 is 0. The second-order valence-corrected chi connectivity index (χ2v) is 5.99. The maximum absolute atomic E-state index is 3.65. The summed E-state index contributed by atoms with van der Waals surface area (Å²) in [5.74, 6) is 0. The number of para-hydroxylation sites is 1. The third kappa shape index (κ3) is 2.92. The van der Waals surface area contributed by atoms with Gasteiger partial charge in [-0.15, -0.1) is 0 Å². The summed E-state index contributed by atoms with van der Waals surface area (Å²) >= 11 is 0. The molecule has 1 N–H and O–H groups in total. The first kappa shape index (κ1) is 13.7. The van der Waals surface area contributed by atoms with E-state index in [0.717, 1.165) is 12.1 Å². The van der Waals surface area contributed by atoms with Crippen LogP contribution in [0.1, 0.15) is 31.4 Å². The minimum Gasteiger partial charge on any atom is -0.376 e. The highest BCUT2D eigenvalue weighted by Gasteiger charge is 2.24. The van der Waals surface area contributed by atoms with Crippen molar-refractivity contribution in [3.63, 3.8) is 0 Å². The topological polar surface area (TPSA) is 12.0 Å². The smallest absolute Gasteiger partial charge is 0.0575 e. The maximum atomic E-state index is 3.65. The zero-order valence-corrected chi connectivity index (χ0v) is 12.6. The van der Waals surface area contributed by atoms with Crippen molar-refractivity contribution in [2.24, 2.45) is 0 Å². The summed E-state index contributed by atoms with van der Waals surface area (Å²) in [7, 11) is 0. The number of hydrogen-bond acceptors (Lipinski definition) is 1. The second-order valence-electron chi connectivity index (χ2n) is 5.99. The van der Waals surface area contributed by atoms with Gasteiger partial charge in [-0.3, -0.25) is 0 Å². The Labute approximate surface area is 127 Å². The minimum absolute atomic E-state index is 0.124. The van der Waals surface area contributed by atoms with E-state index in [4.69, 9.17) is 0 Å². The molecule has 0 amide bonds. The lowest BCUT2D eigenvalue weighted by atomic mass is 9.86. The number of rotatable bonds is 4. The molecule has 0 spiro atoms. The third-order valence-electron chi connectivity index (χ3n) is 3.95. The van der Waals surface area contributed by atoms with Crippen LogP contribution in [0, 0.1) is 0 Å². The Balaban J connectivity index is 1.95. The Hall–Kier alpha value is -2.28. The average Bonchev–Trinajstić information content (AvgIpc) is 3.02. The van der Waals surface area contributed by atoms with E-state index in [1.807, 2.05) is 6.07 Å². The van der Waals surface area contributed by atoms with Crippen LogP contribution in [0.3, 0.4) is 0 Å². The van der Waals surface area contributed by atoms with E-state index in [1.165, 1.54) is 16.7 Å². The van der Waals surface area contributed by atoms with E-state index in [-0.39, 0.29) is 5.54 Å². The molecule has 0 saturated carbocycles. The van der Waals surface area contributed by atoms with Crippen molar-refractivity contribution in [3.05, 3.63) is 84.0 Å². The molecule has 106 valence electrons. The fourth-order valence-electron chi connectivity index (χ4n) is 2.90. The van der Waals surface area contributed by atoms with Gasteiger partial charge in [0.05, 0.1) is 5.54 Å². The molecule has 0 unspecified atom stereocenters. The zero-order chi connectivity index (χ0) is 14.7. The number of anilines is 1. The molecule has 0 radical (unpaired) electrons. The van der Waals surface area contributed by atoms with Gasteiger partial charge in [-0.1, -0.05) is 60.7 Å². The van der Waals surface area contributed by atoms with Crippen molar-refractivity contribution in [3.8, 4) is 0 Å². The third-order valence-corrected chi connectivity index (χ3v) is 3.95. The van der Waals surface area contributed by atoms with Gasteiger partial charge >= 0.3 is 0 Å².